The lowest BCUT2D eigenvalue weighted by Gasteiger charge is -2.35. The second-order valence-corrected chi connectivity index (χ2v) is 5.83. The SMILES string of the molecule is CCn1ccnc1CN1CCN(c2ncnc3[nH]ccc23)CC1. The van der Waals surface area contributed by atoms with E-state index in [0.717, 1.165) is 61.9 Å². The molecule has 0 atom stereocenters. The van der Waals surface area contributed by atoms with Gasteiger partial charge in [-0.25, -0.2) is 15.0 Å². The summed E-state index contributed by atoms with van der Waals surface area (Å²) in [5, 5.41) is 1.10. The highest BCUT2D eigenvalue weighted by atomic mass is 15.3. The number of hydrogen-bond donors (Lipinski definition) is 1. The zero-order valence-electron chi connectivity index (χ0n) is 13.3. The van der Waals surface area contributed by atoms with E-state index in [1.165, 1.54) is 0 Å². The molecule has 4 heterocycles. The minimum atomic E-state index is 0.905. The first kappa shape index (κ1) is 14.2. The van der Waals surface area contributed by atoms with Crippen LogP contribution in [0.1, 0.15) is 12.7 Å². The zero-order valence-corrected chi connectivity index (χ0v) is 13.3. The Balaban J connectivity index is 1.44. The smallest absolute Gasteiger partial charge is 0.142 e. The normalized spacial score (nSPS) is 16.3. The Labute approximate surface area is 135 Å². The van der Waals surface area contributed by atoms with Crippen LogP contribution in [0.2, 0.25) is 0 Å². The molecule has 0 aliphatic carbocycles. The van der Waals surface area contributed by atoms with E-state index in [0.29, 0.717) is 0 Å². The highest BCUT2D eigenvalue weighted by molar-refractivity contribution is 5.87. The number of fused-ring (bicyclic) bond motifs is 1. The van der Waals surface area contributed by atoms with Gasteiger partial charge in [0.2, 0.25) is 0 Å². The predicted octanol–water partition coefficient (Wildman–Crippen LogP) is 1.50. The standard InChI is InChI=1S/C16H21N7/c1-2-22-6-5-17-14(22)11-21-7-9-23(10-8-21)16-13-3-4-18-15(13)19-12-20-16/h3-6,12H,2,7-11H2,1H3,(H,18,19,20). The Morgan fingerprint density at radius 2 is 2.00 bits per heavy atom. The summed E-state index contributed by atoms with van der Waals surface area (Å²) in [6.07, 6.45) is 7.50. The molecule has 0 saturated carbocycles. The lowest BCUT2D eigenvalue weighted by atomic mass is 10.2. The average molecular weight is 311 g/mol. The van der Waals surface area contributed by atoms with E-state index in [1.807, 2.05) is 12.4 Å². The van der Waals surface area contributed by atoms with Crippen LogP contribution in [0.3, 0.4) is 0 Å². The number of aryl methyl sites for hydroxylation is 1. The Bertz CT molecular complexity index is 782. The Kier molecular flexibility index (Phi) is 3.70. The Morgan fingerprint density at radius 1 is 1.13 bits per heavy atom. The summed E-state index contributed by atoms with van der Waals surface area (Å²) in [7, 11) is 0. The van der Waals surface area contributed by atoms with Gasteiger partial charge in [0.05, 0.1) is 11.9 Å². The van der Waals surface area contributed by atoms with Gasteiger partial charge in [0.15, 0.2) is 0 Å². The fourth-order valence-electron chi connectivity index (χ4n) is 3.21. The molecular weight excluding hydrogens is 290 g/mol. The van der Waals surface area contributed by atoms with Crippen molar-refractivity contribution in [2.24, 2.45) is 0 Å². The number of H-pyrrole nitrogens is 1. The molecule has 0 amide bonds. The number of imidazole rings is 1. The molecule has 1 aliphatic heterocycles. The molecule has 1 fully saturated rings. The minimum absolute atomic E-state index is 0.905. The summed E-state index contributed by atoms with van der Waals surface area (Å²) < 4.78 is 2.21. The van der Waals surface area contributed by atoms with Crippen LogP contribution in [0.25, 0.3) is 11.0 Å². The first-order valence-electron chi connectivity index (χ1n) is 8.10. The Hall–Kier alpha value is -2.41. The van der Waals surface area contributed by atoms with Crippen LogP contribution >= 0.6 is 0 Å². The monoisotopic (exact) mass is 311 g/mol. The van der Waals surface area contributed by atoms with Crippen molar-refractivity contribution in [1.82, 2.24) is 29.4 Å². The van der Waals surface area contributed by atoms with E-state index < -0.39 is 0 Å². The third-order valence-corrected chi connectivity index (χ3v) is 4.51. The largest absolute Gasteiger partial charge is 0.353 e. The van der Waals surface area contributed by atoms with E-state index in [1.54, 1.807) is 6.33 Å². The van der Waals surface area contributed by atoms with Gasteiger partial charge in [-0.3, -0.25) is 4.90 Å². The van der Waals surface area contributed by atoms with Gasteiger partial charge in [-0.15, -0.1) is 0 Å². The fraction of sp³-hybridized carbons (Fsp3) is 0.438. The first-order chi connectivity index (χ1) is 11.3. The quantitative estimate of drug-likeness (QED) is 0.791. The maximum atomic E-state index is 4.49. The zero-order chi connectivity index (χ0) is 15.6. The molecule has 0 radical (unpaired) electrons. The summed E-state index contributed by atoms with van der Waals surface area (Å²) in [4.78, 5) is 21.2. The number of rotatable bonds is 4. The topological polar surface area (TPSA) is 65.9 Å². The first-order valence-corrected chi connectivity index (χ1v) is 8.10. The molecule has 0 bridgehead atoms. The molecule has 120 valence electrons. The van der Waals surface area contributed by atoms with Crippen LogP contribution in [-0.2, 0) is 13.1 Å². The van der Waals surface area contributed by atoms with Crippen molar-refractivity contribution in [3.63, 3.8) is 0 Å². The second-order valence-electron chi connectivity index (χ2n) is 5.83. The number of hydrogen-bond acceptors (Lipinski definition) is 5. The van der Waals surface area contributed by atoms with Crippen LogP contribution in [0.4, 0.5) is 5.82 Å². The van der Waals surface area contributed by atoms with Crippen LogP contribution in [0.15, 0.2) is 31.0 Å². The minimum Gasteiger partial charge on any atom is -0.353 e. The molecular formula is C16H21N7. The van der Waals surface area contributed by atoms with Crippen molar-refractivity contribution in [2.45, 2.75) is 20.0 Å². The lowest BCUT2D eigenvalue weighted by molar-refractivity contribution is 0.240. The van der Waals surface area contributed by atoms with Crippen molar-refractivity contribution in [2.75, 3.05) is 31.1 Å². The second kappa shape index (κ2) is 6.00. The summed E-state index contributed by atoms with van der Waals surface area (Å²) in [6, 6.07) is 2.05. The van der Waals surface area contributed by atoms with E-state index in [2.05, 4.69) is 53.5 Å². The van der Waals surface area contributed by atoms with Crippen LogP contribution < -0.4 is 4.90 Å². The number of nitrogens with zero attached hydrogens (tertiary/aromatic N) is 6. The van der Waals surface area contributed by atoms with E-state index in [-0.39, 0.29) is 0 Å². The molecule has 23 heavy (non-hydrogen) atoms. The lowest BCUT2D eigenvalue weighted by Crippen LogP contribution is -2.46. The van der Waals surface area contributed by atoms with Gasteiger partial charge in [0, 0.05) is 51.3 Å². The van der Waals surface area contributed by atoms with Gasteiger partial charge in [0.25, 0.3) is 0 Å². The summed E-state index contributed by atoms with van der Waals surface area (Å²) in [5.41, 5.74) is 0.905. The molecule has 0 aromatic carbocycles. The van der Waals surface area contributed by atoms with Crippen LogP contribution in [0, 0.1) is 0 Å². The van der Waals surface area contributed by atoms with Gasteiger partial charge < -0.3 is 14.5 Å². The average Bonchev–Trinajstić information content (AvgIpc) is 3.24. The van der Waals surface area contributed by atoms with Crippen LogP contribution in [-0.4, -0.2) is 55.6 Å². The van der Waals surface area contributed by atoms with Crippen molar-refractivity contribution in [3.05, 3.63) is 36.8 Å². The maximum absolute atomic E-state index is 4.49. The molecule has 4 rings (SSSR count). The molecule has 1 N–H and O–H groups in total. The molecule has 3 aromatic rings. The van der Waals surface area contributed by atoms with Gasteiger partial charge in [-0.05, 0) is 13.0 Å². The summed E-state index contributed by atoms with van der Waals surface area (Å²) in [5.74, 6) is 2.18. The highest BCUT2D eigenvalue weighted by Gasteiger charge is 2.21. The molecule has 1 aliphatic rings. The maximum Gasteiger partial charge on any atom is 0.142 e. The molecule has 0 spiro atoms. The number of nitrogens with one attached hydrogen (secondary N) is 1. The van der Waals surface area contributed by atoms with E-state index >= 15 is 0 Å². The molecule has 3 aromatic heterocycles. The number of aromatic nitrogens is 5. The number of aromatic amines is 1. The van der Waals surface area contributed by atoms with Crippen molar-refractivity contribution in [1.29, 1.82) is 0 Å². The van der Waals surface area contributed by atoms with E-state index in [9.17, 15) is 0 Å². The molecule has 7 nitrogen and oxygen atoms in total. The highest BCUT2D eigenvalue weighted by Crippen LogP contribution is 2.23. The van der Waals surface area contributed by atoms with Gasteiger partial charge in [-0.1, -0.05) is 0 Å². The van der Waals surface area contributed by atoms with E-state index in [4.69, 9.17) is 0 Å². The van der Waals surface area contributed by atoms with Crippen molar-refractivity contribution in [3.8, 4) is 0 Å². The van der Waals surface area contributed by atoms with Crippen LogP contribution in [0.5, 0.6) is 0 Å². The third-order valence-electron chi connectivity index (χ3n) is 4.51. The third kappa shape index (κ3) is 2.68. The van der Waals surface area contributed by atoms with Crippen molar-refractivity contribution >= 4 is 16.9 Å². The Morgan fingerprint density at radius 3 is 2.83 bits per heavy atom. The van der Waals surface area contributed by atoms with Gasteiger partial charge >= 0.3 is 0 Å². The van der Waals surface area contributed by atoms with Gasteiger partial charge in [-0.2, -0.15) is 0 Å². The summed E-state index contributed by atoms with van der Waals surface area (Å²) in [6.45, 7) is 8.04. The summed E-state index contributed by atoms with van der Waals surface area (Å²) >= 11 is 0. The predicted molar refractivity (Wildman–Crippen MR) is 89.3 cm³/mol. The number of piperazine rings is 1. The fourth-order valence-corrected chi connectivity index (χ4v) is 3.21. The van der Waals surface area contributed by atoms with Gasteiger partial charge in [0.1, 0.15) is 23.6 Å². The molecule has 0 unspecified atom stereocenters. The number of anilines is 1. The molecule has 7 heteroatoms. The van der Waals surface area contributed by atoms with Crippen molar-refractivity contribution < 1.29 is 0 Å². The molecule has 1 saturated heterocycles.